The van der Waals surface area contributed by atoms with Gasteiger partial charge in [-0.15, -0.1) is 0 Å². The van der Waals surface area contributed by atoms with E-state index in [-0.39, 0.29) is 12.3 Å². The number of rotatable bonds is 8. The number of carboxylic acid groups (broad SMARTS) is 1. The Balaban J connectivity index is 1.78. The number of hydrogen-bond donors (Lipinski definition) is 2. The first-order valence-electron chi connectivity index (χ1n) is 7.99. The first-order chi connectivity index (χ1) is 11.1. The maximum absolute atomic E-state index is 12.1. The zero-order chi connectivity index (χ0) is 16.7. The van der Waals surface area contributed by atoms with Gasteiger partial charge in [-0.05, 0) is 37.2 Å². The number of amides is 1. The predicted octanol–water partition coefficient (Wildman–Crippen LogP) is 1.81. The zero-order valence-corrected chi connectivity index (χ0v) is 14.2. The second-order valence-corrected chi connectivity index (χ2v) is 6.98. The number of hydrogen-bond acceptors (Lipinski definition) is 6. The lowest BCUT2D eigenvalue weighted by atomic mass is 9.92. The van der Waals surface area contributed by atoms with Gasteiger partial charge in [0.2, 0.25) is 11.8 Å². The first kappa shape index (κ1) is 17.8. The van der Waals surface area contributed by atoms with Crippen LogP contribution in [0.25, 0.3) is 0 Å². The van der Waals surface area contributed by atoms with E-state index in [4.69, 9.17) is 4.52 Å². The van der Waals surface area contributed by atoms with Crippen molar-refractivity contribution >= 4 is 23.6 Å². The lowest BCUT2D eigenvalue weighted by molar-refractivity contribution is -0.148. The van der Waals surface area contributed by atoms with Gasteiger partial charge in [0, 0.05) is 19.3 Å². The van der Waals surface area contributed by atoms with E-state index in [9.17, 15) is 14.7 Å². The molecule has 0 aliphatic carbocycles. The zero-order valence-electron chi connectivity index (χ0n) is 13.3. The van der Waals surface area contributed by atoms with Gasteiger partial charge in [-0.3, -0.25) is 4.79 Å². The van der Waals surface area contributed by atoms with Crippen LogP contribution in [0.4, 0.5) is 0 Å². The molecule has 8 heteroatoms. The molecular weight excluding hydrogens is 318 g/mol. The van der Waals surface area contributed by atoms with Crippen LogP contribution in [0.3, 0.4) is 0 Å². The largest absolute Gasteiger partial charge is 0.480 e. The van der Waals surface area contributed by atoms with E-state index in [0.29, 0.717) is 37.4 Å². The molecule has 1 saturated heterocycles. The van der Waals surface area contributed by atoms with E-state index in [1.165, 1.54) is 0 Å². The van der Waals surface area contributed by atoms with E-state index >= 15 is 0 Å². The van der Waals surface area contributed by atoms with Crippen LogP contribution in [-0.4, -0.2) is 44.2 Å². The number of aromatic nitrogens is 2. The van der Waals surface area contributed by atoms with Crippen LogP contribution in [0.5, 0.6) is 0 Å². The fraction of sp³-hybridized carbons (Fsp3) is 0.733. The van der Waals surface area contributed by atoms with Gasteiger partial charge in [0.1, 0.15) is 5.54 Å². The second kappa shape index (κ2) is 8.33. The summed E-state index contributed by atoms with van der Waals surface area (Å²) in [6.07, 6.45) is 4.03. The molecule has 0 aromatic carbocycles. The quantitative estimate of drug-likeness (QED) is 0.743. The molecule has 0 spiro atoms. The third kappa shape index (κ3) is 4.95. The van der Waals surface area contributed by atoms with Gasteiger partial charge < -0.3 is 14.9 Å². The lowest BCUT2D eigenvalue weighted by Crippen LogP contribution is -2.56. The standard InChI is InChI=1S/C15H23N3O4S/c1-2-4-11-16-13(22-18-11)6-3-5-12(19)17-15(14(20)21)7-9-23-10-8-15/h2-10H2,1H3,(H,17,19)(H,20,21). The van der Waals surface area contributed by atoms with Gasteiger partial charge in [0.15, 0.2) is 5.82 Å². The summed E-state index contributed by atoms with van der Waals surface area (Å²) in [6, 6.07) is 0. The van der Waals surface area contributed by atoms with Gasteiger partial charge >= 0.3 is 5.97 Å². The van der Waals surface area contributed by atoms with E-state index in [2.05, 4.69) is 15.5 Å². The summed E-state index contributed by atoms with van der Waals surface area (Å²) in [5.41, 5.74) is -1.10. The Morgan fingerprint density at radius 2 is 2.09 bits per heavy atom. The molecule has 23 heavy (non-hydrogen) atoms. The minimum atomic E-state index is -1.10. The maximum atomic E-state index is 12.1. The summed E-state index contributed by atoms with van der Waals surface area (Å²) < 4.78 is 5.12. The molecule has 0 atom stereocenters. The van der Waals surface area contributed by atoms with Crippen molar-refractivity contribution in [3.05, 3.63) is 11.7 Å². The molecule has 1 fully saturated rings. The van der Waals surface area contributed by atoms with E-state index in [1.807, 2.05) is 6.92 Å². The van der Waals surface area contributed by atoms with Crippen LogP contribution in [0.2, 0.25) is 0 Å². The van der Waals surface area contributed by atoms with Crippen LogP contribution in [0.15, 0.2) is 4.52 Å². The average Bonchev–Trinajstić information content (AvgIpc) is 2.96. The van der Waals surface area contributed by atoms with Crippen molar-refractivity contribution in [1.82, 2.24) is 15.5 Å². The molecule has 1 aromatic rings. The fourth-order valence-electron chi connectivity index (χ4n) is 2.56. The molecule has 7 nitrogen and oxygen atoms in total. The summed E-state index contributed by atoms with van der Waals surface area (Å²) in [7, 11) is 0. The number of nitrogens with one attached hydrogen (secondary N) is 1. The Morgan fingerprint density at radius 1 is 1.35 bits per heavy atom. The number of aryl methyl sites for hydroxylation is 2. The molecule has 1 amide bonds. The average molecular weight is 341 g/mol. The third-order valence-electron chi connectivity index (χ3n) is 3.91. The summed E-state index contributed by atoms with van der Waals surface area (Å²) >= 11 is 1.72. The highest BCUT2D eigenvalue weighted by Gasteiger charge is 2.41. The van der Waals surface area contributed by atoms with Crippen LogP contribution >= 0.6 is 11.8 Å². The maximum Gasteiger partial charge on any atom is 0.329 e. The number of aliphatic carboxylic acids is 1. The molecule has 0 saturated carbocycles. The van der Waals surface area contributed by atoms with Crippen molar-refractivity contribution in [1.29, 1.82) is 0 Å². The Labute approximate surface area is 139 Å². The van der Waals surface area contributed by atoms with Crippen molar-refractivity contribution in [3.8, 4) is 0 Å². The molecule has 0 unspecified atom stereocenters. The predicted molar refractivity (Wildman–Crippen MR) is 86.3 cm³/mol. The fourth-order valence-corrected chi connectivity index (χ4v) is 3.75. The third-order valence-corrected chi connectivity index (χ3v) is 4.90. The molecule has 2 N–H and O–H groups in total. The number of carbonyl (C=O) groups is 2. The lowest BCUT2D eigenvalue weighted by Gasteiger charge is -2.33. The van der Waals surface area contributed by atoms with Gasteiger partial charge in [-0.25, -0.2) is 4.79 Å². The van der Waals surface area contributed by atoms with Gasteiger partial charge in [0.05, 0.1) is 0 Å². The van der Waals surface area contributed by atoms with Crippen LogP contribution in [-0.2, 0) is 22.4 Å². The summed E-state index contributed by atoms with van der Waals surface area (Å²) in [5, 5.41) is 16.0. The Hall–Kier alpha value is -1.57. The topological polar surface area (TPSA) is 105 Å². The van der Waals surface area contributed by atoms with E-state index in [0.717, 1.165) is 24.3 Å². The molecule has 1 aliphatic heterocycles. The smallest absolute Gasteiger partial charge is 0.329 e. The van der Waals surface area contributed by atoms with Crippen LogP contribution in [0, 0.1) is 0 Å². The molecule has 0 bridgehead atoms. The van der Waals surface area contributed by atoms with Crippen molar-refractivity contribution in [2.45, 2.75) is 57.4 Å². The Bertz CT molecular complexity index is 541. The Morgan fingerprint density at radius 3 is 2.74 bits per heavy atom. The minimum absolute atomic E-state index is 0.229. The number of nitrogens with zero attached hydrogens (tertiary/aromatic N) is 2. The van der Waals surface area contributed by atoms with Crippen LogP contribution < -0.4 is 5.32 Å². The van der Waals surface area contributed by atoms with Gasteiger partial charge in [0.25, 0.3) is 0 Å². The van der Waals surface area contributed by atoms with Crippen molar-refractivity contribution in [3.63, 3.8) is 0 Å². The van der Waals surface area contributed by atoms with E-state index in [1.54, 1.807) is 11.8 Å². The first-order valence-corrected chi connectivity index (χ1v) is 9.15. The molecule has 2 rings (SSSR count). The molecular formula is C15H23N3O4S. The van der Waals surface area contributed by atoms with Crippen LogP contribution in [0.1, 0.15) is 50.7 Å². The molecule has 128 valence electrons. The van der Waals surface area contributed by atoms with Crippen molar-refractivity contribution in [2.24, 2.45) is 0 Å². The summed E-state index contributed by atoms with van der Waals surface area (Å²) in [6.45, 7) is 2.04. The normalized spacial score (nSPS) is 16.9. The van der Waals surface area contributed by atoms with Gasteiger partial charge in [-0.2, -0.15) is 16.7 Å². The second-order valence-electron chi connectivity index (χ2n) is 5.76. The molecule has 1 aromatic heterocycles. The van der Waals surface area contributed by atoms with Gasteiger partial charge in [-0.1, -0.05) is 12.1 Å². The summed E-state index contributed by atoms with van der Waals surface area (Å²) in [4.78, 5) is 27.8. The monoisotopic (exact) mass is 341 g/mol. The number of carbonyl (C=O) groups excluding carboxylic acids is 1. The highest BCUT2D eigenvalue weighted by molar-refractivity contribution is 7.99. The SMILES string of the molecule is CCCc1noc(CCCC(=O)NC2(C(=O)O)CCSCC2)n1. The molecule has 2 heterocycles. The number of carboxylic acids is 1. The highest BCUT2D eigenvalue weighted by atomic mass is 32.2. The Kier molecular flexibility index (Phi) is 6.44. The van der Waals surface area contributed by atoms with Crippen molar-refractivity contribution < 1.29 is 19.2 Å². The highest BCUT2D eigenvalue weighted by Crippen LogP contribution is 2.27. The summed E-state index contributed by atoms with van der Waals surface area (Å²) in [5.74, 6) is 1.57. The molecule has 0 radical (unpaired) electrons. The van der Waals surface area contributed by atoms with Crippen molar-refractivity contribution in [2.75, 3.05) is 11.5 Å². The van der Waals surface area contributed by atoms with E-state index < -0.39 is 11.5 Å². The minimum Gasteiger partial charge on any atom is -0.480 e. The molecule has 1 aliphatic rings. The number of thioether (sulfide) groups is 1.